The number of aromatic nitrogens is 2. The Bertz CT molecular complexity index is 703. The van der Waals surface area contributed by atoms with Crippen LogP contribution in [0.2, 0.25) is 5.02 Å². The van der Waals surface area contributed by atoms with E-state index in [0.29, 0.717) is 6.54 Å². The summed E-state index contributed by atoms with van der Waals surface area (Å²) in [6.45, 7) is 1.57. The summed E-state index contributed by atoms with van der Waals surface area (Å²) in [6, 6.07) is 8.17. The van der Waals surface area contributed by atoms with Crippen molar-refractivity contribution in [2.45, 2.75) is 24.8 Å². The van der Waals surface area contributed by atoms with Gasteiger partial charge in [-0.25, -0.2) is 0 Å². The Morgan fingerprint density at radius 1 is 1.39 bits per heavy atom. The smallest absolute Gasteiger partial charge is 0.191 e. The number of nitrogens with zero attached hydrogens (tertiary/aromatic N) is 3. The summed E-state index contributed by atoms with van der Waals surface area (Å²) < 4.78 is 1.80. The van der Waals surface area contributed by atoms with Gasteiger partial charge in [0.25, 0.3) is 0 Å². The molecular weight excluding hydrogens is 310 g/mol. The topological polar surface area (TPSA) is 54.2 Å². The molecule has 0 bridgehead atoms. The summed E-state index contributed by atoms with van der Waals surface area (Å²) >= 11 is 6.12. The number of rotatable bonds is 5. The minimum absolute atomic E-state index is 0.191. The summed E-state index contributed by atoms with van der Waals surface area (Å²) in [5, 5.41) is 11.7. The van der Waals surface area contributed by atoms with E-state index in [1.807, 2.05) is 31.6 Å². The van der Waals surface area contributed by atoms with E-state index in [1.165, 1.54) is 18.4 Å². The summed E-state index contributed by atoms with van der Waals surface area (Å²) in [4.78, 5) is 4.29. The molecule has 0 spiro atoms. The lowest BCUT2D eigenvalue weighted by atomic mass is 9.96. The van der Waals surface area contributed by atoms with Crippen LogP contribution in [0.3, 0.4) is 0 Å². The van der Waals surface area contributed by atoms with Gasteiger partial charge in [-0.1, -0.05) is 23.7 Å². The predicted octanol–water partition coefficient (Wildman–Crippen LogP) is 2.47. The van der Waals surface area contributed by atoms with Gasteiger partial charge < -0.3 is 10.6 Å². The van der Waals surface area contributed by atoms with Gasteiger partial charge in [-0.05, 0) is 30.5 Å². The number of hydrogen-bond acceptors (Lipinski definition) is 2. The first-order chi connectivity index (χ1) is 11.1. The van der Waals surface area contributed by atoms with Gasteiger partial charge >= 0.3 is 0 Å². The molecule has 0 amide bonds. The fourth-order valence-corrected chi connectivity index (χ4v) is 2.95. The van der Waals surface area contributed by atoms with Crippen molar-refractivity contribution >= 4 is 17.6 Å². The molecule has 1 heterocycles. The van der Waals surface area contributed by atoms with E-state index in [0.717, 1.165) is 23.1 Å². The molecule has 1 aliphatic rings. The van der Waals surface area contributed by atoms with E-state index in [2.05, 4.69) is 32.9 Å². The Morgan fingerprint density at radius 3 is 2.83 bits per heavy atom. The van der Waals surface area contributed by atoms with Crippen LogP contribution in [0.1, 0.15) is 24.0 Å². The zero-order chi connectivity index (χ0) is 16.3. The van der Waals surface area contributed by atoms with Crippen LogP contribution in [-0.4, -0.2) is 29.3 Å². The van der Waals surface area contributed by atoms with Gasteiger partial charge in [0.1, 0.15) is 0 Å². The molecule has 0 unspecified atom stereocenters. The van der Waals surface area contributed by atoms with Crippen molar-refractivity contribution in [3.8, 4) is 0 Å². The van der Waals surface area contributed by atoms with Gasteiger partial charge in [-0.3, -0.25) is 9.67 Å². The molecule has 0 saturated heterocycles. The van der Waals surface area contributed by atoms with Crippen molar-refractivity contribution in [2.75, 3.05) is 13.6 Å². The maximum absolute atomic E-state index is 6.12. The summed E-state index contributed by atoms with van der Waals surface area (Å²) in [5.74, 6) is 0.808. The Balaban J connectivity index is 1.56. The molecule has 23 heavy (non-hydrogen) atoms. The lowest BCUT2D eigenvalue weighted by Gasteiger charge is -2.19. The Labute approximate surface area is 141 Å². The molecule has 3 rings (SSSR count). The number of nitrogens with one attached hydrogen (secondary N) is 2. The molecule has 5 nitrogen and oxygen atoms in total. The minimum atomic E-state index is 0.191. The van der Waals surface area contributed by atoms with Gasteiger partial charge in [-0.15, -0.1) is 0 Å². The quantitative estimate of drug-likeness (QED) is 0.653. The summed E-state index contributed by atoms with van der Waals surface area (Å²) in [5.41, 5.74) is 2.63. The molecule has 122 valence electrons. The van der Waals surface area contributed by atoms with Crippen molar-refractivity contribution in [3.63, 3.8) is 0 Å². The summed E-state index contributed by atoms with van der Waals surface area (Å²) in [6.07, 6.45) is 6.21. The number of hydrogen-bond donors (Lipinski definition) is 2. The molecule has 1 aromatic heterocycles. The van der Waals surface area contributed by atoms with Crippen LogP contribution in [0.25, 0.3) is 0 Å². The average Bonchev–Trinajstić information content (AvgIpc) is 3.23. The van der Waals surface area contributed by atoms with Crippen molar-refractivity contribution in [3.05, 3.63) is 52.8 Å². The summed E-state index contributed by atoms with van der Waals surface area (Å²) in [7, 11) is 3.70. The van der Waals surface area contributed by atoms with Gasteiger partial charge in [0.15, 0.2) is 5.96 Å². The van der Waals surface area contributed by atoms with Gasteiger partial charge in [0, 0.05) is 49.4 Å². The Morgan fingerprint density at radius 2 is 2.22 bits per heavy atom. The van der Waals surface area contributed by atoms with Crippen LogP contribution in [-0.2, 0) is 19.0 Å². The molecule has 0 atom stereocenters. The van der Waals surface area contributed by atoms with Crippen LogP contribution < -0.4 is 10.6 Å². The maximum atomic E-state index is 6.12. The molecule has 2 N–H and O–H groups in total. The highest BCUT2D eigenvalue weighted by atomic mass is 35.5. The van der Waals surface area contributed by atoms with Crippen molar-refractivity contribution < 1.29 is 0 Å². The number of guanidine groups is 1. The standard InChI is InChI=1S/C17H22ClN5/c1-19-16(20-9-13-10-22-23(2)11-13)21-12-17(6-7-17)14-4-3-5-15(18)8-14/h3-5,8,10-11H,6-7,9,12H2,1-2H3,(H2,19,20,21). The van der Waals surface area contributed by atoms with Crippen LogP contribution in [0.4, 0.5) is 0 Å². The number of halogens is 1. The van der Waals surface area contributed by atoms with Gasteiger partial charge in [-0.2, -0.15) is 5.10 Å². The van der Waals surface area contributed by atoms with Crippen LogP contribution in [0, 0.1) is 0 Å². The Hall–Kier alpha value is -2.01. The molecule has 0 radical (unpaired) electrons. The van der Waals surface area contributed by atoms with Gasteiger partial charge in [0.05, 0.1) is 6.20 Å². The van der Waals surface area contributed by atoms with E-state index >= 15 is 0 Å². The third-order valence-corrected chi connectivity index (χ3v) is 4.56. The predicted molar refractivity (Wildman–Crippen MR) is 93.8 cm³/mol. The van der Waals surface area contributed by atoms with Crippen LogP contribution in [0.5, 0.6) is 0 Å². The molecular formula is C17H22ClN5. The van der Waals surface area contributed by atoms with Gasteiger partial charge in [0.2, 0.25) is 0 Å². The molecule has 1 aliphatic carbocycles. The highest BCUT2D eigenvalue weighted by Crippen LogP contribution is 2.48. The first-order valence-corrected chi connectivity index (χ1v) is 8.17. The molecule has 1 fully saturated rings. The largest absolute Gasteiger partial charge is 0.356 e. The number of benzene rings is 1. The van der Waals surface area contributed by atoms with E-state index in [-0.39, 0.29) is 5.41 Å². The first kappa shape index (κ1) is 15.9. The van der Waals surface area contributed by atoms with E-state index in [1.54, 1.807) is 11.7 Å². The normalized spacial score (nSPS) is 16.2. The highest BCUT2D eigenvalue weighted by Gasteiger charge is 2.44. The lowest BCUT2D eigenvalue weighted by Crippen LogP contribution is -2.40. The molecule has 1 aromatic carbocycles. The third kappa shape index (κ3) is 3.85. The zero-order valence-electron chi connectivity index (χ0n) is 13.5. The molecule has 1 saturated carbocycles. The fourth-order valence-electron chi connectivity index (χ4n) is 2.76. The van der Waals surface area contributed by atoms with E-state index in [4.69, 9.17) is 11.6 Å². The Kier molecular flexibility index (Phi) is 4.57. The molecule has 6 heteroatoms. The fraction of sp³-hybridized carbons (Fsp3) is 0.412. The second-order valence-corrected chi connectivity index (χ2v) is 6.53. The average molecular weight is 332 g/mol. The first-order valence-electron chi connectivity index (χ1n) is 7.79. The number of aliphatic imine (C=N–C) groups is 1. The molecule has 0 aliphatic heterocycles. The number of aryl methyl sites for hydroxylation is 1. The van der Waals surface area contributed by atoms with Crippen LogP contribution >= 0.6 is 11.6 Å². The van der Waals surface area contributed by atoms with E-state index < -0.39 is 0 Å². The van der Waals surface area contributed by atoms with E-state index in [9.17, 15) is 0 Å². The second-order valence-electron chi connectivity index (χ2n) is 6.09. The lowest BCUT2D eigenvalue weighted by molar-refractivity contribution is 0.645. The van der Waals surface area contributed by atoms with Crippen molar-refractivity contribution in [2.24, 2.45) is 12.0 Å². The van der Waals surface area contributed by atoms with Crippen molar-refractivity contribution in [1.29, 1.82) is 0 Å². The second kappa shape index (κ2) is 6.62. The molecule has 2 aromatic rings. The third-order valence-electron chi connectivity index (χ3n) is 4.33. The minimum Gasteiger partial charge on any atom is -0.356 e. The highest BCUT2D eigenvalue weighted by molar-refractivity contribution is 6.30. The SMILES string of the molecule is CN=C(NCc1cnn(C)c1)NCC1(c2cccc(Cl)c2)CC1. The monoisotopic (exact) mass is 331 g/mol. The maximum Gasteiger partial charge on any atom is 0.191 e. The van der Waals surface area contributed by atoms with Crippen molar-refractivity contribution in [1.82, 2.24) is 20.4 Å². The van der Waals surface area contributed by atoms with Crippen LogP contribution in [0.15, 0.2) is 41.7 Å². The zero-order valence-corrected chi connectivity index (χ0v) is 14.3.